The zero-order chi connectivity index (χ0) is 30.0. The molecule has 43 heavy (non-hydrogen) atoms. The number of fused-ring (bicyclic) bond motifs is 1. The Bertz CT molecular complexity index is 1460. The lowest BCUT2D eigenvalue weighted by atomic mass is 10.1. The third-order valence-corrected chi connectivity index (χ3v) is 8.40. The number of hydrogen-bond acceptors (Lipinski definition) is 4. The van der Waals surface area contributed by atoms with Crippen molar-refractivity contribution in [3.63, 3.8) is 0 Å². The van der Waals surface area contributed by atoms with Crippen molar-refractivity contribution in [3.05, 3.63) is 77.6 Å². The second-order valence-corrected chi connectivity index (χ2v) is 11.7. The molecule has 0 aliphatic carbocycles. The standard InChI is InChI=1S/C37H47FN2O3/c1-4-6-22-41-32-16-17-35-33(26-32)28(3)37(30-13-18-36(34(38)25-30)43-23-7-5-2)40(35)27-29-11-14-31(15-12-29)42-24-21-39-19-9-8-10-20-39/h11-18,25-26H,4-10,19-24,27H2,1-3H3. The molecule has 0 atom stereocenters. The highest BCUT2D eigenvalue weighted by atomic mass is 19.1. The minimum Gasteiger partial charge on any atom is -0.494 e. The number of rotatable bonds is 15. The monoisotopic (exact) mass is 586 g/mol. The van der Waals surface area contributed by atoms with Gasteiger partial charge in [0.05, 0.1) is 18.9 Å². The Balaban J connectivity index is 1.40. The fourth-order valence-electron chi connectivity index (χ4n) is 5.90. The van der Waals surface area contributed by atoms with E-state index in [1.807, 2.05) is 12.1 Å². The van der Waals surface area contributed by atoms with Gasteiger partial charge >= 0.3 is 0 Å². The van der Waals surface area contributed by atoms with Crippen LogP contribution in [0.3, 0.4) is 0 Å². The van der Waals surface area contributed by atoms with Gasteiger partial charge in [0.2, 0.25) is 0 Å². The largest absolute Gasteiger partial charge is 0.494 e. The molecule has 0 unspecified atom stereocenters. The highest BCUT2D eigenvalue weighted by Gasteiger charge is 2.19. The van der Waals surface area contributed by atoms with Gasteiger partial charge in [0.15, 0.2) is 11.6 Å². The number of nitrogens with zero attached hydrogens (tertiary/aromatic N) is 2. The third kappa shape index (κ3) is 7.91. The second-order valence-electron chi connectivity index (χ2n) is 11.7. The normalized spacial score (nSPS) is 13.9. The van der Waals surface area contributed by atoms with Crippen LogP contribution in [0.4, 0.5) is 4.39 Å². The molecule has 1 saturated heterocycles. The SMILES string of the molecule is CCCCOc1ccc2c(c1)c(C)c(-c1ccc(OCCCC)c(F)c1)n2Cc1ccc(OCCN2CCCCC2)cc1. The van der Waals surface area contributed by atoms with Crippen LogP contribution in [0, 0.1) is 12.7 Å². The topological polar surface area (TPSA) is 35.9 Å². The van der Waals surface area contributed by atoms with E-state index in [2.05, 4.69) is 66.6 Å². The highest BCUT2D eigenvalue weighted by Crippen LogP contribution is 2.37. The Morgan fingerprint density at radius 1 is 0.744 bits per heavy atom. The number of likely N-dealkylation sites (tertiary alicyclic amines) is 1. The summed E-state index contributed by atoms with van der Waals surface area (Å²) in [4.78, 5) is 2.49. The van der Waals surface area contributed by atoms with Crippen LogP contribution in [0.25, 0.3) is 22.2 Å². The molecule has 4 aromatic rings. The molecule has 0 spiro atoms. The van der Waals surface area contributed by atoms with Gasteiger partial charge in [-0.25, -0.2) is 4.39 Å². The maximum atomic E-state index is 15.2. The Morgan fingerprint density at radius 2 is 1.44 bits per heavy atom. The van der Waals surface area contributed by atoms with E-state index in [9.17, 15) is 0 Å². The summed E-state index contributed by atoms with van der Waals surface area (Å²) in [6, 6.07) is 20.0. The van der Waals surface area contributed by atoms with E-state index in [4.69, 9.17) is 14.2 Å². The Labute approximate surface area is 256 Å². The summed E-state index contributed by atoms with van der Waals surface area (Å²) in [6.07, 6.45) is 7.95. The van der Waals surface area contributed by atoms with Crippen LogP contribution in [0.5, 0.6) is 17.2 Å². The maximum absolute atomic E-state index is 15.2. The van der Waals surface area contributed by atoms with Crippen molar-refractivity contribution in [1.82, 2.24) is 9.47 Å². The van der Waals surface area contributed by atoms with Crippen molar-refractivity contribution in [2.24, 2.45) is 0 Å². The first-order valence-corrected chi connectivity index (χ1v) is 16.2. The van der Waals surface area contributed by atoms with Gasteiger partial charge in [-0.1, -0.05) is 45.2 Å². The first-order valence-electron chi connectivity index (χ1n) is 16.2. The molecule has 1 aliphatic rings. The van der Waals surface area contributed by atoms with Crippen molar-refractivity contribution < 1.29 is 18.6 Å². The summed E-state index contributed by atoms with van der Waals surface area (Å²) in [5, 5.41) is 1.12. The van der Waals surface area contributed by atoms with Crippen LogP contribution in [0.15, 0.2) is 60.7 Å². The number of hydrogen-bond donors (Lipinski definition) is 0. The number of benzene rings is 3. The molecule has 1 aliphatic heterocycles. The molecule has 3 aromatic carbocycles. The average molecular weight is 587 g/mol. The molecule has 0 amide bonds. The van der Waals surface area contributed by atoms with Gasteiger partial charge < -0.3 is 18.8 Å². The molecule has 5 rings (SSSR count). The van der Waals surface area contributed by atoms with E-state index in [0.717, 1.165) is 77.0 Å². The molecule has 1 fully saturated rings. The lowest BCUT2D eigenvalue weighted by Crippen LogP contribution is -2.33. The van der Waals surface area contributed by atoms with Crippen LogP contribution in [0.1, 0.15) is 69.9 Å². The predicted octanol–water partition coefficient (Wildman–Crippen LogP) is 9.03. The number of piperidine rings is 1. The summed E-state index contributed by atoms with van der Waals surface area (Å²) in [5.41, 5.74) is 5.19. The van der Waals surface area contributed by atoms with Gasteiger partial charge in [-0.15, -0.1) is 0 Å². The Hall–Kier alpha value is -3.51. The predicted molar refractivity (Wildman–Crippen MR) is 174 cm³/mol. The van der Waals surface area contributed by atoms with Crippen LogP contribution >= 0.6 is 0 Å². The van der Waals surface area contributed by atoms with Crippen molar-refractivity contribution in [2.75, 3.05) is 39.5 Å². The van der Waals surface area contributed by atoms with Crippen molar-refractivity contribution in [2.45, 2.75) is 72.3 Å². The van der Waals surface area contributed by atoms with Crippen LogP contribution < -0.4 is 14.2 Å². The van der Waals surface area contributed by atoms with Gasteiger partial charge in [-0.05, 0) is 105 Å². The van der Waals surface area contributed by atoms with Crippen molar-refractivity contribution >= 4 is 10.9 Å². The smallest absolute Gasteiger partial charge is 0.165 e. The van der Waals surface area contributed by atoms with E-state index >= 15 is 4.39 Å². The van der Waals surface area contributed by atoms with Gasteiger partial charge in [-0.2, -0.15) is 0 Å². The van der Waals surface area contributed by atoms with Crippen LogP contribution in [-0.2, 0) is 6.54 Å². The van der Waals surface area contributed by atoms with E-state index in [0.29, 0.717) is 32.1 Å². The van der Waals surface area contributed by atoms with Gasteiger partial charge in [0.1, 0.15) is 18.1 Å². The Kier molecular flexibility index (Phi) is 11.0. The molecular formula is C37H47FN2O3. The number of aryl methyl sites for hydroxylation is 1. The fourth-order valence-corrected chi connectivity index (χ4v) is 5.90. The number of ether oxygens (including phenoxy) is 3. The summed E-state index contributed by atoms with van der Waals surface area (Å²) >= 11 is 0. The molecule has 0 radical (unpaired) electrons. The number of halogens is 1. The summed E-state index contributed by atoms with van der Waals surface area (Å²) in [7, 11) is 0. The summed E-state index contributed by atoms with van der Waals surface area (Å²) < 4.78 is 35.4. The molecule has 230 valence electrons. The molecule has 2 heterocycles. The maximum Gasteiger partial charge on any atom is 0.165 e. The van der Waals surface area contributed by atoms with E-state index in [1.54, 1.807) is 12.1 Å². The second kappa shape index (κ2) is 15.3. The first kappa shape index (κ1) is 30.9. The Morgan fingerprint density at radius 3 is 2.16 bits per heavy atom. The van der Waals surface area contributed by atoms with Crippen molar-refractivity contribution in [3.8, 4) is 28.5 Å². The number of unbranched alkanes of at least 4 members (excludes halogenated alkanes) is 2. The average Bonchev–Trinajstić information content (AvgIpc) is 3.29. The quantitative estimate of drug-likeness (QED) is 0.130. The molecule has 0 bridgehead atoms. The number of aromatic nitrogens is 1. The van der Waals surface area contributed by atoms with Crippen LogP contribution in [-0.4, -0.2) is 48.9 Å². The zero-order valence-electron chi connectivity index (χ0n) is 26.2. The zero-order valence-corrected chi connectivity index (χ0v) is 26.2. The third-order valence-electron chi connectivity index (χ3n) is 8.40. The first-order chi connectivity index (χ1) is 21.1. The molecule has 5 nitrogen and oxygen atoms in total. The molecule has 0 N–H and O–H groups in total. The van der Waals surface area contributed by atoms with Gasteiger partial charge in [0.25, 0.3) is 0 Å². The summed E-state index contributed by atoms with van der Waals surface area (Å²) in [5.74, 6) is 1.73. The molecule has 6 heteroatoms. The van der Waals surface area contributed by atoms with E-state index in [-0.39, 0.29) is 5.82 Å². The van der Waals surface area contributed by atoms with E-state index < -0.39 is 0 Å². The fraction of sp³-hybridized carbons (Fsp3) is 0.459. The minimum absolute atomic E-state index is 0.306. The van der Waals surface area contributed by atoms with Gasteiger partial charge in [0, 0.05) is 29.6 Å². The van der Waals surface area contributed by atoms with Gasteiger partial charge in [-0.3, -0.25) is 4.90 Å². The van der Waals surface area contributed by atoms with Crippen LogP contribution in [0.2, 0.25) is 0 Å². The highest BCUT2D eigenvalue weighted by molar-refractivity contribution is 5.92. The lowest BCUT2D eigenvalue weighted by molar-refractivity contribution is 0.183. The molecular weight excluding hydrogens is 539 g/mol. The molecule has 0 saturated carbocycles. The molecule has 1 aromatic heterocycles. The van der Waals surface area contributed by atoms with Crippen molar-refractivity contribution in [1.29, 1.82) is 0 Å². The lowest BCUT2D eigenvalue weighted by Gasteiger charge is -2.26. The van der Waals surface area contributed by atoms with E-state index in [1.165, 1.54) is 32.4 Å². The summed E-state index contributed by atoms with van der Waals surface area (Å²) in [6.45, 7) is 12.3. The minimum atomic E-state index is -0.334.